The lowest BCUT2D eigenvalue weighted by Crippen LogP contribution is -1.89. The number of hydrogen-bond acceptors (Lipinski definition) is 2. The minimum atomic E-state index is 0.308. The van der Waals surface area contributed by atoms with Crippen molar-refractivity contribution >= 4 is 38.0 Å². The average molecular weight is 259 g/mol. The Morgan fingerprint density at radius 1 is 0.600 bits per heavy atom. The van der Waals surface area contributed by atoms with Gasteiger partial charge in [-0.2, -0.15) is 0 Å². The lowest BCUT2D eigenvalue weighted by atomic mass is 9.95. The largest absolute Gasteiger partial charge is 0.507 e. The fraction of sp³-hybridized carbons (Fsp3) is 0. The standard InChI is InChI=1S/C18H13NO/c19-17-9-15-12-6-2-4-8-14(12)18(20)10-16(15)11-5-1-3-7-13(11)17/h1-10,20H,19H2. The molecule has 0 aromatic heterocycles. The molecule has 0 aliphatic rings. The van der Waals surface area contributed by atoms with Gasteiger partial charge in [0.15, 0.2) is 0 Å². The molecule has 0 fully saturated rings. The summed E-state index contributed by atoms with van der Waals surface area (Å²) >= 11 is 0. The van der Waals surface area contributed by atoms with E-state index in [9.17, 15) is 5.11 Å². The van der Waals surface area contributed by atoms with Crippen molar-refractivity contribution in [2.45, 2.75) is 0 Å². The Morgan fingerprint density at radius 3 is 1.80 bits per heavy atom. The van der Waals surface area contributed by atoms with E-state index in [0.717, 1.165) is 38.0 Å². The minimum absolute atomic E-state index is 0.308. The molecule has 0 aliphatic carbocycles. The Labute approximate surface area is 116 Å². The van der Waals surface area contributed by atoms with E-state index in [4.69, 9.17) is 5.73 Å². The van der Waals surface area contributed by atoms with Crippen LogP contribution >= 0.6 is 0 Å². The summed E-state index contributed by atoms with van der Waals surface area (Å²) in [4.78, 5) is 0. The third-order valence-corrected chi connectivity index (χ3v) is 3.89. The van der Waals surface area contributed by atoms with Crippen LogP contribution in [0.5, 0.6) is 5.75 Å². The van der Waals surface area contributed by atoms with E-state index in [0.29, 0.717) is 5.75 Å². The van der Waals surface area contributed by atoms with E-state index in [1.807, 2.05) is 60.7 Å². The molecule has 0 heterocycles. The molecular formula is C18H13NO. The van der Waals surface area contributed by atoms with E-state index in [2.05, 4.69) is 0 Å². The second-order valence-corrected chi connectivity index (χ2v) is 5.05. The summed E-state index contributed by atoms with van der Waals surface area (Å²) in [5.74, 6) is 0.308. The van der Waals surface area contributed by atoms with Gasteiger partial charge in [0.2, 0.25) is 0 Å². The summed E-state index contributed by atoms with van der Waals surface area (Å²) in [5, 5.41) is 16.4. The van der Waals surface area contributed by atoms with E-state index in [1.54, 1.807) is 0 Å². The number of anilines is 1. The maximum Gasteiger partial charge on any atom is 0.124 e. The van der Waals surface area contributed by atoms with Crippen LogP contribution in [0, 0.1) is 0 Å². The number of hydrogen-bond donors (Lipinski definition) is 2. The minimum Gasteiger partial charge on any atom is -0.507 e. The smallest absolute Gasteiger partial charge is 0.124 e. The lowest BCUT2D eigenvalue weighted by molar-refractivity contribution is 0.482. The zero-order chi connectivity index (χ0) is 13.7. The zero-order valence-corrected chi connectivity index (χ0v) is 10.8. The van der Waals surface area contributed by atoms with Crippen molar-refractivity contribution in [3.8, 4) is 5.75 Å². The first-order valence-corrected chi connectivity index (χ1v) is 6.57. The Bertz CT molecular complexity index is 892. The average Bonchev–Trinajstić information content (AvgIpc) is 2.49. The topological polar surface area (TPSA) is 46.2 Å². The molecule has 4 aromatic rings. The van der Waals surface area contributed by atoms with Gasteiger partial charge in [-0.05, 0) is 33.7 Å². The summed E-state index contributed by atoms with van der Waals surface area (Å²) < 4.78 is 0. The molecule has 20 heavy (non-hydrogen) atoms. The molecule has 2 heteroatoms. The molecule has 0 atom stereocenters. The van der Waals surface area contributed by atoms with Crippen molar-refractivity contribution in [2.24, 2.45) is 0 Å². The molecule has 0 unspecified atom stereocenters. The molecule has 0 radical (unpaired) electrons. The van der Waals surface area contributed by atoms with Gasteiger partial charge >= 0.3 is 0 Å². The molecule has 3 N–H and O–H groups in total. The lowest BCUT2D eigenvalue weighted by Gasteiger charge is -2.11. The van der Waals surface area contributed by atoms with E-state index in [1.165, 1.54) is 0 Å². The van der Waals surface area contributed by atoms with Gasteiger partial charge in [0.1, 0.15) is 5.75 Å². The van der Waals surface area contributed by atoms with Crippen LogP contribution in [0.3, 0.4) is 0 Å². The molecule has 0 saturated carbocycles. The van der Waals surface area contributed by atoms with Gasteiger partial charge in [-0.1, -0.05) is 48.5 Å². The molecule has 4 rings (SSSR count). The fourth-order valence-electron chi connectivity index (χ4n) is 2.96. The number of nitrogen functional groups attached to an aromatic ring is 1. The van der Waals surface area contributed by atoms with Crippen molar-refractivity contribution in [3.63, 3.8) is 0 Å². The molecular weight excluding hydrogens is 246 g/mol. The van der Waals surface area contributed by atoms with Crippen molar-refractivity contribution in [3.05, 3.63) is 60.7 Å². The van der Waals surface area contributed by atoms with E-state index in [-0.39, 0.29) is 0 Å². The number of phenols is 1. The van der Waals surface area contributed by atoms with Gasteiger partial charge in [-0.25, -0.2) is 0 Å². The first kappa shape index (κ1) is 11.1. The van der Waals surface area contributed by atoms with Crippen molar-refractivity contribution in [1.82, 2.24) is 0 Å². The third kappa shape index (κ3) is 1.39. The maximum atomic E-state index is 10.3. The van der Waals surface area contributed by atoms with Crippen molar-refractivity contribution < 1.29 is 5.11 Å². The molecule has 0 aliphatic heterocycles. The Kier molecular flexibility index (Phi) is 2.15. The van der Waals surface area contributed by atoms with Gasteiger partial charge < -0.3 is 10.8 Å². The van der Waals surface area contributed by atoms with E-state index >= 15 is 0 Å². The highest BCUT2D eigenvalue weighted by Gasteiger charge is 2.10. The summed E-state index contributed by atoms with van der Waals surface area (Å²) in [7, 11) is 0. The first-order valence-electron chi connectivity index (χ1n) is 6.57. The number of rotatable bonds is 0. The number of benzene rings is 4. The Balaban J connectivity index is 2.36. The van der Waals surface area contributed by atoms with Gasteiger partial charge in [0, 0.05) is 16.5 Å². The second-order valence-electron chi connectivity index (χ2n) is 5.05. The van der Waals surface area contributed by atoms with Crippen LogP contribution in [0.4, 0.5) is 5.69 Å². The predicted octanol–water partition coefficient (Wildman–Crippen LogP) is 4.43. The molecule has 4 aromatic carbocycles. The molecule has 2 nitrogen and oxygen atoms in total. The van der Waals surface area contributed by atoms with E-state index < -0.39 is 0 Å². The van der Waals surface area contributed by atoms with Crippen LogP contribution in [0.15, 0.2) is 60.7 Å². The van der Waals surface area contributed by atoms with Crippen LogP contribution in [0.25, 0.3) is 32.3 Å². The third-order valence-electron chi connectivity index (χ3n) is 3.89. The number of phenolic OH excluding ortho intramolecular Hbond substituents is 1. The van der Waals surface area contributed by atoms with Crippen LogP contribution in [-0.4, -0.2) is 5.11 Å². The zero-order valence-electron chi connectivity index (χ0n) is 10.8. The first-order chi connectivity index (χ1) is 9.75. The highest BCUT2D eigenvalue weighted by molar-refractivity contribution is 6.21. The summed E-state index contributed by atoms with van der Waals surface area (Å²) in [6, 6.07) is 19.7. The highest BCUT2D eigenvalue weighted by Crippen LogP contribution is 2.38. The summed E-state index contributed by atoms with van der Waals surface area (Å²) in [6.45, 7) is 0. The molecule has 96 valence electrons. The van der Waals surface area contributed by atoms with Gasteiger partial charge in [0.05, 0.1) is 0 Å². The quantitative estimate of drug-likeness (QED) is 0.362. The normalized spacial score (nSPS) is 11.4. The van der Waals surface area contributed by atoms with Gasteiger partial charge in [0.25, 0.3) is 0 Å². The van der Waals surface area contributed by atoms with Crippen molar-refractivity contribution in [1.29, 1.82) is 0 Å². The highest BCUT2D eigenvalue weighted by atomic mass is 16.3. The molecule has 0 saturated heterocycles. The van der Waals surface area contributed by atoms with Crippen LogP contribution in [0.2, 0.25) is 0 Å². The molecule has 0 bridgehead atoms. The monoisotopic (exact) mass is 259 g/mol. The van der Waals surface area contributed by atoms with Crippen LogP contribution in [0.1, 0.15) is 0 Å². The SMILES string of the molecule is Nc1cc2c3ccccc3c(O)cc2c2ccccc12. The Hall–Kier alpha value is -2.74. The molecule has 0 spiro atoms. The summed E-state index contributed by atoms with van der Waals surface area (Å²) in [5.41, 5.74) is 6.96. The second kappa shape index (κ2) is 3.87. The number of fused-ring (bicyclic) bond motifs is 5. The Morgan fingerprint density at radius 2 is 1.10 bits per heavy atom. The van der Waals surface area contributed by atoms with Gasteiger partial charge in [-0.3, -0.25) is 0 Å². The number of aromatic hydroxyl groups is 1. The van der Waals surface area contributed by atoms with Crippen molar-refractivity contribution in [2.75, 3.05) is 5.73 Å². The summed E-state index contributed by atoms with van der Waals surface area (Å²) in [6.07, 6.45) is 0. The maximum absolute atomic E-state index is 10.3. The van der Waals surface area contributed by atoms with Gasteiger partial charge in [-0.15, -0.1) is 0 Å². The fourth-order valence-corrected chi connectivity index (χ4v) is 2.96. The number of nitrogens with two attached hydrogens (primary N) is 1. The predicted molar refractivity (Wildman–Crippen MR) is 85.0 cm³/mol. The van der Waals surface area contributed by atoms with Crippen LogP contribution < -0.4 is 5.73 Å². The van der Waals surface area contributed by atoms with Crippen LogP contribution in [-0.2, 0) is 0 Å². The molecule has 0 amide bonds.